The lowest BCUT2D eigenvalue weighted by Crippen LogP contribution is -2.41. The van der Waals surface area contributed by atoms with Gasteiger partial charge in [0.15, 0.2) is 0 Å². The highest BCUT2D eigenvalue weighted by Gasteiger charge is 2.31. The SMILES string of the molecule is O=C(NCC1(CO)CCCCC1)c1ccc(Br)cc1. The Hall–Kier alpha value is -0.870. The molecule has 0 spiro atoms. The summed E-state index contributed by atoms with van der Waals surface area (Å²) < 4.78 is 0.961. The van der Waals surface area contributed by atoms with E-state index in [1.807, 2.05) is 12.1 Å². The highest BCUT2D eigenvalue weighted by Crippen LogP contribution is 2.35. The molecule has 1 aromatic carbocycles. The first-order valence-corrected chi connectivity index (χ1v) is 7.59. The maximum absolute atomic E-state index is 12.0. The number of halogens is 1. The van der Waals surface area contributed by atoms with Gasteiger partial charge in [-0.25, -0.2) is 0 Å². The van der Waals surface area contributed by atoms with Crippen molar-refractivity contribution in [1.82, 2.24) is 5.32 Å². The van der Waals surface area contributed by atoms with Crippen LogP contribution in [0.25, 0.3) is 0 Å². The van der Waals surface area contributed by atoms with Crippen molar-refractivity contribution < 1.29 is 9.90 Å². The Morgan fingerprint density at radius 1 is 1.21 bits per heavy atom. The average molecular weight is 326 g/mol. The van der Waals surface area contributed by atoms with Gasteiger partial charge in [-0.15, -0.1) is 0 Å². The number of hydrogen-bond donors (Lipinski definition) is 2. The molecule has 0 unspecified atom stereocenters. The van der Waals surface area contributed by atoms with E-state index in [1.54, 1.807) is 12.1 Å². The maximum Gasteiger partial charge on any atom is 0.251 e. The van der Waals surface area contributed by atoms with Gasteiger partial charge in [0.2, 0.25) is 0 Å². The summed E-state index contributed by atoms with van der Waals surface area (Å²) in [6.07, 6.45) is 5.54. The third kappa shape index (κ3) is 3.80. The highest BCUT2D eigenvalue weighted by atomic mass is 79.9. The number of aliphatic hydroxyl groups is 1. The van der Waals surface area contributed by atoms with Gasteiger partial charge in [0, 0.05) is 22.0 Å². The normalized spacial score (nSPS) is 18.0. The molecule has 1 amide bonds. The predicted octanol–water partition coefficient (Wildman–Crippen LogP) is 3.12. The Bertz CT molecular complexity index is 424. The van der Waals surface area contributed by atoms with Gasteiger partial charge in [-0.1, -0.05) is 35.2 Å². The third-order valence-corrected chi connectivity index (χ3v) is 4.51. The molecular weight excluding hydrogens is 306 g/mol. The number of carbonyl (C=O) groups excluding carboxylic acids is 1. The van der Waals surface area contributed by atoms with E-state index >= 15 is 0 Å². The van der Waals surface area contributed by atoms with Crippen molar-refractivity contribution in [2.45, 2.75) is 32.1 Å². The second kappa shape index (κ2) is 6.53. The average Bonchev–Trinajstić information content (AvgIpc) is 2.46. The van der Waals surface area contributed by atoms with Gasteiger partial charge >= 0.3 is 0 Å². The fraction of sp³-hybridized carbons (Fsp3) is 0.533. The molecule has 0 atom stereocenters. The van der Waals surface area contributed by atoms with Crippen LogP contribution in [0.1, 0.15) is 42.5 Å². The van der Waals surface area contributed by atoms with Crippen molar-refractivity contribution in [3.8, 4) is 0 Å². The number of rotatable bonds is 4. The summed E-state index contributed by atoms with van der Waals surface area (Å²) in [5.41, 5.74) is 0.551. The summed E-state index contributed by atoms with van der Waals surface area (Å²) in [7, 11) is 0. The van der Waals surface area contributed by atoms with Crippen molar-refractivity contribution in [3.05, 3.63) is 34.3 Å². The van der Waals surface area contributed by atoms with Crippen molar-refractivity contribution in [3.63, 3.8) is 0 Å². The van der Waals surface area contributed by atoms with Crippen LogP contribution >= 0.6 is 15.9 Å². The number of carbonyl (C=O) groups is 1. The minimum Gasteiger partial charge on any atom is -0.396 e. The molecule has 4 heteroatoms. The summed E-state index contributed by atoms with van der Waals surface area (Å²) >= 11 is 3.35. The monoisotopic (exact) mass is 325 g/mol. The van der Waals surface area contributed by atoms with Crippen molar-refractivity contribution >= 4 is 21.8 Å². The largest absolute Gasteiger partial charge is 0.396 e. The molecule has 0 bridgehead atoms. The minimum atomic E-state index is -0.108. The topological polar surface area (TPSA) is 49.3 Å². The standard InChI is InChI=1S/C15H20BrNO2/c16-13-6-4-12(5-7-13)14(19)17-10-15(11-18)8-2-1-3-9-15/h4-7,18H,1-3,8-11H2,(H,17,19). The summed E-state index contributed by atoms with van der Waals surface area (Å²) in [6.45, 7) is 0.728. The van der Waals surface area contributed by atoms with Crippen LogP contribution in [0, 0.1) is 5.41 Å². The molecule has 1 fully saturated rings. The lowest BCUT2D eigenvalue weighted by molar-refractivity contribution is 0.0718. The summed E-state index contributed by atoms with van der Waals surface area (Å²) in [5, 5.41) is 12.6. The van der Waals surface area contributed by atoms with Crippen molar-refractivity contribution in [2.24, 2.45) is 5.41 Å². The van der Waals surface area contributed by atoms with Crippen LogP contribution in [0.3, 0.4) is 0 Å². The van der Waals surface area contributed by atoms with E-state index in [2.05, 4.69) is 21.2 Å². The smallest absolute Gasteiger partial charge is 0.251 e. The van der Waals surface area contributed by atoms with Crippen LogP contribution < -0.4 is 5.32 Å². The van der Waals surface area contributed by atoms with E-state index in [1.165, 1.54) is 6.42 Å². The van der Waals surface area contributed by atoms with Crippen LogP contribution in [0.4, 0.5) is 0 Å². The summed E-state index contributed by atoms with van der Waals surface area (Å²) in [5.74, 6) is -0.0640. The molecule has 19 heavy (non-hydrogen) atoms. The first-order valence-electron chi connectivity index (χ1n) is 6.80. The zero-order valence-corrected chi connectivity index (χ0v) is 12.6. The summed E-state index contributed by atoms with van der Waals surface area (Å²) in [4.78, 5) is 12.0. The number of nitrogens with one attached hydrogen (secondary N) is 1. The molecule has 0 heterocycles. The lowest BCUT2D eigenvalue weighted by Gasteiger charge is -2.35. The fourth-order valence-corrected chi connectivity index (χ4v) is 2.93. The van der Waals surface area contributed by atoms with Crippen LogP contribution in [0.2, 0.25) is 0 Å². The molecule has 0 saturated heterocycles. The van der Waals surface area contributed by atoms with E-state index in [4.69, 9.17) is 0 Å². The molecule has 0 radical (unpaired) electrons. The van der Waals surface area contributed by atoms with E-state index in [9.17, 15) is 9.90 Å². The molecule has 2 rings (SSSR count). The predicted molar refractivity (Wildman–Crippen MR) is 79.1 cm³/mol. The Morgan fingerprint density at radius 2 is 1.84 bits per heavy atom. The van der Waals surface area contributed by atoms with Crippen molar-refractivity contribution in [2.75, 3.05) is 13.2 Å². The molecule has 3 nitrogen and oxygen atoms in total. The molecule has 1 aliphatic rings. The molecule has 104 valence electrons. The number of aliphatic hydroxyl groups excluding tert-OH is 1. The zero-order valence-electron chi connectivity index (χ0n) is 11.0. The van der Waals surface area contributed by atoms with Crippen molar-refractivity contribution in [1.29, 1.82) is 0 Å². The minimum absolute atomic E-state index is 0.0640. The Morgan fingerprint density at radius 3 is 2.42 bits per heavy atom. The second-order valence-electron chi connectivity index (χ2n) is 5.41. The zero-order chi connectivity index (χ0) is 13.7. The molecule has 0 aliphatic heterocycles. The van der Waals surface area contributed by atoms with Crippen LogP contribution in [0.15, 0.2) is 28.7 Å². The Balaban J connectivity index is 1.93. The van der Waals surface area contributed by atoms with E-state index in [-0.39, 0.29) is 17.9 Å². The molecule has 1 saturated carbocycles. The van der Waals surface area contributed by atoms with E-state index in [0.29, 0.717) is 12.1 Å². The first-order chi connectivity index (χ1) is 9.15. The third-order valence-electron chi connectivity index (χ3n) is 3.98. The fourth-order valence-electron chi connectivity index (χ4n) is 2.66. The van der Waals surface area contributed by atoms with Gasteiger partial charge < -0.3 is 10.4 Å². The van der Waals surface area contributed by atoms with Gasteiger partial charge in [0.05, 0.1) is 6.61 Å². The van der Waals surface area contributed by atoms with E-state index < -0.39 is 0 Å². The number of benzene rings is 1. The van der Waals surface area contributed by atoms with Gasteiger partial charge in [-0.05, 0) is 37.1 Å². The molecule has 2 N–H and O–H groups in total. The van der Waals surface area contributed by atoms with E-state index in [0.717, 1.165) is 30.2 Å². The molecule has 0 aromatic heterocycles. The summed E-state index contributed by atoms with van der Waals surface area (Å²) in [6, 6.07) is 7.31. The van der Waals surface area contributed by atoms with Crippen LogP contribution in [-0.4, -0.2) is 24.2 Å². The highest BCUT2D eigenvalue weighted by molar-refractivity contribution is 9.10. The molecular formula is C15H20BrNO2. The lowest BCUT2D eigenvalue weighted by atomic mass is 9.74. The second-order valence-corrected chi connectivity index (χ2v) is 6.32. The molecule has 1 aliphatic carbocycles. The van der Waals surface area contributed by atoms with Crippen LogP contribution in [-0.2, 0) is 0 Å². The number of hydrogen-bond acceptors (Lipinski definition) is 2. The van der Waals surface area contributed by atoms with Crippen LogP contribution in [0.5, 0.6) is 0 Å². The Kier molecular flexibility index (Phi) is 4.99. The van der Waals surface area contributed by atoms with Gasteiger partial charge in [-0.2, -0.15) is 0 Å². The maximum atomic E-state index is 12.0. The quantitative estimate of drug-likeness (QED) is 0.893. The van der Waals surface area contributed by atoms with Gasteiger partial charge in [-0.3, -0.25) is 4.79 Å². The molecule has 1 aromatic rings. The first kappa shape index (κ1) is 14.5. The number of amides is 1. The Labute approximate surface area is 122 Å². The van der Waals surface area contributed by atoms with Gasteiger partial charge in [0.1, 0.15) is 0 Å². The van der Waals surface area contributed by atoms with Gasteiger partial charge in [0.25, 0.3) is 5.91 Å².